The van der Waals surface area contributed by atoms with E-state index in [1.54, 1.807) is 12.4 Å². The predicted molar refractivity (Wildman–Crippen MR) is 78.1 cm³/mol. The number of benzene rings is 1. The maximum Gasteiger partial charge on any atom is 0.319 e. The van der Waals surface area contributed by atoms with Gasteiger partial charge >= 0.3 is 6.03 Å². The average molecular weight is 273 g/mol. The molecule has 1 unspecified atom stereocenters. The third kappa shape index (κ3) is 3.58. The zero-order valence-corrected chi connectivity index (χ0v) is 11.4. The smallest absolute Gasteiger partial charge is 0.319 e. The lowest BCUT2D eigenvalue weighted by atomic mass is 10.2. The van der Waals surface area contributed by atoms with Crippen molar-refractivity contribution >= 4 is 11.7 Å². The Labute approximate surface area is 117 Å². The van der Waals surface area contributed by atoms with Gasteiger partial charge in [0, 0.05) is 24.6 Å². The summed E-state index contributed by atoms with van der Waals surface area (Å²) >= 11 is 0. The summed E-state index contributed by atoms with van der Waals surface area (Å²) in [5.74, 6) is 0.751. The molecule has 2 aromatic rings. The Morgan fingerprint density at radius 1 is 1.40 bits per heavy atom. The van der Waals surface area contributed by atoms with Crippen LogP contribution < -0.4 is 16.4 Å². The van der Waals surface area contributed by atoms with E-state index in [0.717, 1.165) is 23.5 Å². The van der Waals surface area contributed by atoms with Crippen molar-refractivity contribution in [2.75, 3.05) is 5.32 Å². The van der Waals surface area contributed by atoms with Crippen molar-refractivity contribution in [2.45, 2.75) is 25.9 Å². The normalized spacial score (nSPS) is 11.9. The molecule has 0 spiro atoms. The van der Waals surface area contributed by atoms with Crippen molar-refractivity contribution in [1.82, 2.24) is 15.3 Å². The Bertz CT molecular complexity index is 535. The monoisotopic (exact) mass is 273 g/mol. The van der Waals surface area contributed by atoms with Gasteiger partial charge in [0.05, 0.1) is 6.04 Å². The molecule has 1 aromatic heterocycles. The molecule has 6 nitrogen and oxygen atoms in total. The lowest BCUT2D eigenvalue weighted by Gasteiger charge is -2.15. The average Bonchev–Trinajstić information content (AvgIpc) is 2.99. The van der Waals surface area contributed by atoms with Gasteiger partial charge < -0.3 is 21.4 Å². The minimum Gasteiger partial charge on any atom is -0.347 e. The number of imidazole rings is 1. The van der Waals surface area contributed by atoms with Crippen LogP contribution in [-0.2, 0) is 6.54 Å². The van der Waals surface area contributed by atoms with Crippen LogP contribution in [-0.4, -0.2) is 16.0 Å². The Balaban J connectivity index is 1.94. The topological polar surface area (TPSA) is 95.8 Å². The number of hydrogen-bond acceptors (Lipinski definition) is 3. The summed E-state index contributed by atoms with van der Waals surface area (Å²) in [6, 6.07) is 7.05. The summed E-state index contributed by atoms with van der Waals surface area (Å²) in [6.07, 6.45) is 4.17. The second kappa shape index (κ2) is 6.72. The number of amides is 2. The molecule has 1 atom stereocenters. The van der Waals surface area contributed by atoms with E-state index in [2.05, 4.69) is 20.6 Å². The standard InChI is InChI=1S/C14H19N5O/c1-2-12(13-16-7-8-17-13)19-14(20)18-11-5-3-10(9-15)4-6-11/h3-8,12H,2,9,15H2,1H3,(H,16,17)(H2,18,19,20). The van der Waals surface area contributed by atoms with Crippen molar-refractivity contribution in [3.63, 3.8) is 0 Å². The van der Waals surface area contributed by atoms with Crippen LogP contribution in [0.3, 0.4) is 0 Å². The van der Waals surface area contributed by atoms with Crippen LogP contribution >= 0.6 is 0 Å². The molecule has 0 saturated carbocycles. The maximum absolute atomic E-state index is 11.9. The highest BCUT2D eigenvalue weighted by Crippen LogP contribution is 2.13. The predicted octanol–water partition coefficient (Wildman–Crippen LogP) is 2.14. The third-order valence-corrected chi connectivity index (χ3v) is 3.01. The molecule has 0 radical (unpaired) electrons. The Morgan fingerprint density at radius 3 is 2.70 bits per heavy atom. The molecule has 2 amide bonds. The number of rotatable bonds is 5. The van der Waals surface area contributed by atoms with E-state index in [-0.39, 0.29) is 12.1 Å². The summed E-state index contributed by atoms with van der Waals surface area (Å²) < 4.78 is 0. The van der Waals surface area contributed by atoms with E-state index in [1.165, 1.54) is 0 Å². The van der Waals surface area contributed by atoms with Crippen molar-refractivity contribution in [1.29, 1.82) is 0 Å². The van der Waals surface area contributed by atoms with Gasteiger partial charge in [-0.25, -0.2) is 9.78 Å². The number of nitrogens with two attached hydrogens (primary N) is 1. The van der Waals surface area contributed by atoms with E-state index in [4.69, 9.17) is 5.73 Å². The third-order valence-electron chi connectivity index (χ3n) is 3.01. The largest absolute Gasteiger partial charge is 0.347 e. The van der Waals surface area contributed by atoms with E-state index in [1.807, 2.05) is 31.2 Å². The summed E-state index contributed by atoms with van der Waals surface area (Å²) in [5, 5.41) is 5.67. The number of carbonyl (C=O) groups is 1. The summed E-state index contributed by atoms with van der Waals surface area (Å²) in [7, 11) is 0. The summed E-state index contributed by atoms with van der Waals surface area (Å²) in [5.41, 5.74) is 7.29. The minimum atomic E-state index is -0.256. The molecule has 0 saturated heterocycles. The highest BCUT2D eigenvalue weighted by atomic mass is 16.2. The fourth-order valence-electron chi connectivity index (χ4n) is 1.88. The molecule has 6 heteroatoms. The lowest BCUT2D eigenvalue weighted by molar-refractivity contribution is 0.247. The molecule has 106 valence electrons. The number of aromatic amines is 1. The lowest BCUT2D eigenvalue weighted by Crippen LogP contribution is -2.32. The minimum absolute atomic E-state index is 0.131. The van der Waals surface area contributed by atoms with E-state index in [9.17, 15) is 4.79 Å². The van der Waals surface area contributed by atoms with Crippen molar-refractivity contribution in [3.8, 4) is 0 Å². The molecule has 2 rings (SSSR count). The van der Waals surface area contributed by atoms with Crippen molar-refractivity contribution in [3.05, 3.63) is 48.0 Å². The number of anilines is 1. The zero-order chi connectivity index (χ0) is 14.4. The summed E-state index contributed by atoms with van der Waals surface area (Å²) in [4.78, 5) is 19.1. The fourth-order valence-corrected chi connectivity index (χ4v) is 1.88. The Kier molecular flexibility index (Phi) is 4.73. The van der Waals surface area contributed by atoms with Crippen LogP contribution in [0.2, 0.25) is 0 Å². The Hall–Kier alpha value is -2.34. The molecule has 0 fully saturated rings. The molecule has 5 N–H and O–H groups in total. The maximum atomic E-state index is 11.9. The first-order chi connectivity index (χ1) is 9.72. The van der Waals surface area contributed by atoms with E-state index in [0.29, 0.717) is 6.54 Å². The van der Waals surface area contributed by atoms with Gasteiger partial charge in [-0.3, -0.25) is 0 Å². The molecular formula is C14H19N5O. The highest BCUT2D eigenvalue weighted by Gasteiger charge is 2.14. The fraction of sp³-hybridized carbons (Fsp3) is 0.286. The van der Waals surface area contributed by atoms with Crippen LogP contribution in [0.25, 0.3) is 0 Å². The first kappa shape index (κ1) is 14.1. The van der Waals surface area contributed by atoms with Crippen LogP contribution in [0.4, 0.5) is 10.5 Å². The van der Waals surface area contributed by atoms with Gasteiger partial charge in [-0.05, 0) is 24.1 Å². The quantitative estimate of drug-likeness (QED) is 0.672. The number of nitrogens with zero attached hydrogens (tertiary/aromatic N) is 1. The molecule has 0 aliphatic carbocycles. The summed E-state index contributed by atoms with van der Waals surface area (Å²) in [6.45, 7) is 2.48. The van der Waals surface area contributed by atoms with Crippen molar-refractivity contribution < 1.29 is 4.79 Å². The van der Waals surface area contributed by atoms with Gasteiger partial charge in [0.2, 0.25) is 0 Å². The molecular weight excluding hydrogens is 254 g/mol. The first-order valence-electron chi connectivity index (χ1n) is 6.58. The zero-order valence-electron chi connectivity index (χ0n) is 11.4. The number of nitrogens with one attached hydrogen (secondary N) is 3. The van der Waals surface area contributed by atoms with Gasteiger partial charge in [-0.1, -0.05) is 19.1 Å². The Morgan fingerprint density at radius 2 is 2.15 bits per heavy atom. The van der Waals surface area contributed by atoms with Crippen LogP contribution in [0.15, 0.2) is 36.7 Å². The van der Waals surface area contributed by atoms with Gasteiger partial charge in [-0.15, -0.1) is 0 Å². The number of carbonyl (C=O) groups excluding carboxylic acids is 1. The van der Waals surface area contributed by atoms with Gasteiger partial charge in [0.25, 0.3) is 0 Å². The molecule has 20 heavy (non-hydrogen) atoms. The van der Waals surface area contributed by atoms with Crippen LogP contribution in [0.1, 0.15) is 30.8 Å². The van der Waals surface area contributed by atoms with Crippen LogP contribution in [0, 0.1) is 0 Å². The molecule has 1 aromatic carbocycles. The van der Waals surface area contributed by atoms with Gasteiger partial charge in [0.1, 0.15) is 5.82 Å². The van der Waals surface area contributed by atoms with Crippen molar-refractivity contribution in [2.24, 2.45) is 5.73 Å². The van der Waals surface area contributed by atoms with Gasteiger partial charge in [-0.2, -0.15) is 0 Å². The van der Waals surface area contributed by atoms with Crippen LogP contribution in [0.5, 0.6) is 0 Å². The van der Waals surface area contributed by atoms with E-state index >= 15 is 0 Å². The number of urea groups is 1. The highest BCUT2D eigenvalue weighted by molar-refractivity contribution is 5.89. The molecule has 1 heterocycles. The molecule has 0 bridgehead atoms. The number of H-pyrrole nitrogens is 1. The number of aromatic nitrogens is 2. The SMILES string of the molecule is CCC(NC(=O)Nc1ccc(CN)cc1)c1ncc[nH]1. The van der Waals surface area contributed by atoms with E-state index < -0.39 is 0 Å². The van der Waals surface area contributed by atoms with Gasteiger partial charge in [0.15, 0.2) is 0 Å². The second-order valence-corrected chi connectivity index (χ2v) is 4.43. The molecule has 0 aliphatic heterocycles. The first-order valence-corrected chi connectivity index (χ1v) is 6.58. The molecule has 0 aliphatic rings. The second-order valence-electron chi connectivity index (χ2n) is 4.43. The number of hydrogen-bond donors (Lipinski definition) is 4.